The van der Waals surface area contributed by atoms with Gasteiger partial charge < -0.3 is 24.1 Å². The topological polar surface area (TPSA) is 183 Å². The Kier molecular flexibility index (Phi) is 11.1. The highest BCUT2D eigenvalue weighted by Gasteiger charge is 2.37. The van der Waals surface area contributed by atoms with Crippen molar-refractivity contribution >= 4 is 38.6 Å². The molecule has 2 N–H and O–H groups in total. The van der Waals surface area contributed by atoms with E-state index >= 15 is 4.39 Å². The maximum Gasteiger partial charge on any atom is 0.388 e. The Morgan fingerprint density at radius 3 is 2.02 bits per heavy atom. The molecule has 0 aromatic heterocycles. The number of hydrogen-bond acceptors (Lipinski definition) is 9. The van der Waals surface area contributed by atoms with Crippen molar-refractivity contribution in [2.45, 2.75) is 65.1 Å². The molecular weight excluding hydrogens is 563 g/mol. The third kappa shape index (κ3) is 9.35. The maximum absolute atomic E-state index is 15.3. The molecule has 0 fully saturated rings. The Balaban J connectivity index is 2.70. The van der Waals surface area contributed by atoms with E-state index in [1.54, 1.807) is 12.1 Å². The fraction of sp³-hybridized carbons (Fsp3) is 0.385. The smallest absolute Gasteiger partial charge is 0.388 e. The second kappa shape index (κ2) is 13.8. The van der Waals surface area contributed by atoms with Crippen LogP contribution in [0.2, 0.25) is 13.1 Å². The molecule has 0 aliphatic heterocycles. The van der Waals surface area contributed by atoms with Crippen LogP contribution in [0, 0.1) is 15.9 Å². The minimum Gasteiger partial charge on any atom is -0.481 e. The van der Waals surface area contributed by atoms with Crippen molar-refractivity contribution in [3.8, 4) is 11.1 Å². The van der Waals surface area contributed by atoms with Gasteiger partial charge in [0.15, 0.2) is 5.03 Å². The highest BCUT2D eigenvalue weighted by molar-refractivity contribution is 6.48. The lowest BCUT2D eigenvalue weighted by Gasteiger charge is -2.26. The lowest BCUT2D eigenvalue weighted by Crippen LogP contribution is -2.46. The van der Waals surface area contributed by atoms with E-state index < -0.39 is 68.7 Å². The van der Waals surface area contributed by atoms with E-state index in [1.807, 2.05) is 39.9 Å². The molecule has 15 heteroatoms. The number of carboxylic acid groups (broad SMARTS) is 2. The summed E-state index contributed by atoms with van der Waals surface area (Å²) >= 11 is 0. The average Bonchev–Trinajstić information content (AvgIpc) is 2.81. The maximum atomic E-state index is 15.3. The predicted molar refractivity (Wildman–Crippen MR) is 143 cm³/mol. The van der Waals surface area contributed by atoms with Gasteiger partial charge in [0.25, 0.3) is 0 Å². The van der Waals surface area contributed by atoms with Gasteiger partial charge in [0, 0.05) is 5.56 Å². The van der Waals surface area contributed by atoms with Crippen molar-refractivity contribution in [3.63, 3.8) is 0 Å². The van der Waals surface area contributed by atoms with E-state index in [9.17, 15) is 29.3 Å². The Morgan fingerprint density at radius 2 is 1.56 bits per heavy atom. The van der Waals surface area contributed by atoms with Gasteiger partial charge in [-0.15, -0.1) is 0 Å². The number of hydrazine groups is 1. The number of esters is 2. The lowest BCUT2D eigenvalue weighted by atomic mass is 9.81. The second-order valence-electron chi connectivity index (χ2n) is 9.95. The van der Waals surface area contributed by atoms with Crippen molar-refractivity contribution < 1.29 is 52.7 Å². The Bertz CT molecular complexity index is 1300. The zero-order chi connectivity index (χ0) is 31.1. The SMILES string of the molecule is C[Si](C)OCc1c(-c2cc(N(C(OC(=O)CC(=O)O)OC(=O)CC(=O)O)[N+](=O)[O-])ccc2F)cccc1C(C)(C)C. The van der Waals surface area contributed by atoms with Crippen LogP contribution in [0.4, 0.5) is 10.1 Å². The molecule has 0 saturated heterocycles. The molecule has 0 atom stereocenters. The first-order valence-corrected chi connectivity index (χ1v) is 14.5. The Hall–Kier alpha value is -4.37. The highest BCUT2D eigenvalue weighted by Crippen LogP contribution is 2.37. The monoisotopic (exact) mass is 593 g/mol. The van der Waals surface area contributed by atoms with Gasteiger partial charge in [-0.3, -0.25) is 19.2 Å². The molecule has 2 aromatic rings. The van der Waals surface area contributed by atoms with E-state index in [0.29, 0.717) is 11.1 Å². The molecule has 0 spiro atoms. The first kappa shape index (κ1) is 32.8. The van der Waals surface area contributed by atoms with Gasteiger partial charge >= 0.3 is 30.3 Å². The second-order valence-corrected chi connectivity index (χ2v) is 12.1. The number of nitro groups is 1. The summed E-state index contributed by atoms with van der Waals surface area (Å²) in [5, 5.41) is 28.7. The number of nitrogens with zero attached hydrogens (tertiary/aromatic N) is 2. The van der Waals surface area contributed by atoms with Crippen LogP contribution in [0.25, 0.3) is 11.1 Å². The van der Waals surface area contributed by atoms with Crippen molar-refractivity contribution in [3.05, 3.63) is 63.5 Å². The number of halogens is 1. The zero-order valence-electron chi connectivity index (χ0n) is 23.0. The molecule has 2 aromatic carbocycles. The quantitative estimate of drug-likeness (QED) is 0.0855. The fourth-order valence-corrected chi connectivity index (χ4v) is 4.18. The first-order valence-electron chi connectivity index (χ1n) is 12.1. The van der Waals surface area contributed by atoms with Crippen LogP contribution in [0.3, 0.4) is 0 Å². The van der Waals surface area contributed by atoms with Gasteiger partial charge in [-0.2, -0.15) is 0 Å². The van der Waals surface area contributed by atoms with Gasteiger partial charge in [-0.05, 0) is 58.4 Å². The standard InChI is InChI=1S/C26H30FN2O11Si/c1-26(2,3)19-8-6-7-16(18(19)14-38-41(4)5)17-11-15(9-10-20(17)27)28(29(36)37)25(39-23(34)12-21(30)31)40-24(35)13-22(32)33/h6-11,25H,12-14H2,1-5H3,(H,30,31)(H,32,33). The van der Waals surface area contributed by atoms with E-state index in [0.717, 1.165) is 23.8 Å². The fourth-order valence-electron chi connectivity index (χ4n) is 3.75. The van der Waals surface area contributed by atoms with Crippen LogP contribution in [0.1, 0.15) is 44.7 Å². The molecule has 2 rings (SSSR count). The van der Waals surface area contributed by atoms with Crippen LogP contribution in [0.5, 0.6) is 0 Å². The van der Waals surface area contributed by atoms with Crippen molar-refractivity contribution in [2.24, 2.45) is 0 Å². The van der Waals surface area contributed by atoms with Gasteiger partial charge in [0.1, 0.15) is 24.3 Å². The van der Waals surface area contributed by atoms with Gasteiger partial charge in [0.2, 0.25) is 9.04 Å². The number of benzene rings is 2. The molecule has 0 bridgehead atoms. The van der Waals surface area contributed by atoms with Gasteiger partial charge in [0.05, 0.1) is 6.61 Å². The Labute approximate surface area is 236 Å². The summed E-state index contributed by atoms with van der Waals surface area (Å²) < 4.78 is 30.7. The number of anilines is 1. The van der Waals surface area contributed by atoms with Gasteiger partial charge in [-0.25, -0.2) is 14.5 Å². The zero-order valence-corrected chi connectivity index (χ0v) is 24.0. The number of aliphatic carboxylic acids is 2. The minimum absolute atomic E-state index is 0.0470. The van der Waals surface area contributed by atoms with Crippen molar-refractivity contribution in [1.82, 2.24) is 0 Å². The summed E-state index contributed by atoms with van der Waals surface area (Å²) in [6.45, 7) is 9.87. The largest absolute Gasteiger partial charge is 0.481 e. The molecule has 13 nitrogen and oxygen atoms in total. The van der Waals surface area contributed by atoms with Crippen LogP contribution >= 0.6 is 0 Å². The summed E-state index contributed by atoms with van der Waals surface area (Å²) in [6, 6.07) is 8.11. The number of ether oxygens (including phenoxy) is 2. The number of carboxylic acids is 2. The third-order valence-corrected chi connectivity index (χ3v) is 6.15. The summed E-state index contributed by atoms with van der Waals surface area (Å²) in [5.41, 5.74) is 0.959. The molecule has 0 amide bonds. The summed E-state index contributed by atoms with van der Waals surface area (Å²) in [5.74, 6) is -7.08. The van der Waals surface area contributed by atoms with Crippen LogP contribution in [-0.2, 0) is 45.1 Å². The predicted octanol–water partition coefficient (Wildman–Crippen LogP) is 3.88. The Morgan fingerprint density at radius 1 is 1.00 bits per heavy atom. The highest BCUT2D eigenvalue weighted by atomic mass is 28.3. The summed E-state index contributed by atoms with van der Waals surface area (Å²) in [4.78, 5) is 58.0. The molecule has 0 heterocycles. The van der Waals surface area contributed by atoms with E-state index in [2.05, 4.69) is 0 Å². The molecular formula is C26H30FN2O11Si. The van der Waals surface area contributed by atoms with Crippen LogP contribution in [-0.4, -0.2) is 54.6 Å². The molecule has 221 valence electrons. The number of rotatable bonds is 13. The summed E-state index contributed by atoms with van der Waals surface area (Å²) in [6.07, 6.45) is -5.00. The minimum atomic E-state index is -2.52. The molecule has 1 radical (unpaired) electrons. The average molecular weight is 594 g/mol. The molecule has 0 unspecified atom stereocenters. The summed E-state index contributed by atoms with van der Waals surface area (Å²) in [7, 11) is -1.16. The number of carbonyl (C=O) groups is 4. The first-order chi connectivity index (χ1) is 19.0. The van der Waals surface area contributed by atoms with E-state index in [4.69, 9.17) is 24.1 Å². The van der Waals surface area contributed by atoms with E-state index in [-0.39, 0.29) is 22.6 Å². The van der Waals surface area contributed by atoms with E-state index in [1.165, 1.54) is 0 Å². The number of hydrogen-bond donors (Lipinski definition) is 2. The van der Waals surface area contributed by atoms with Gasteiger partial charge in [-0.1, -0.05) is 39.0 Å². The van der Waals surface area contributed by atoms with Crippen LogP contribution < -0.4 is 5.01 Å². The van der Waals surface area contributed by atoms with Crippen molar-refractivity contribution in [2.75, 3.05) is 5.01 Å². The molecule has 41 heavy (non-hydrogen) atoms. The van der Waals surface area contributed by atoms with Crippen LogP contribution in [0.15, 0.2) is 36.4 Å². The third-order valence-electron chi connectivity index (χ3n) is 5.43. The molecule has 0 aliphatic rings. The molecule has 0 saturated carbocycles. The number of carbonyl (C=O) groups excluding carboxylic acids is 2. The normalized spacial score (nSPS) is 11.3. The van der Waals surface area contributed by atoms with Crippen molar-refractivity contribution in [1.29, 1.82) is 0 Å². The lowest BCUT2D eigenvalue weighted by molar-refractivity contribution is -0.519. The molecule has 0 aliphatic carbocycles.